The number of rotatable bonds is 2. The number of carboxylic acids is 1. The number of nitrogens with two attached hydrogens (primary N) is 1. The molecule has 0 atom stereocenters. The summed E-state index contributed by atoms with van der Waals surface area (Å²) in [5, 5.41) is 13.3. The number of aromatic nitrogens is 2. The van der Waals surface area contributed by atoms with Gasteiger partial charge in [0.05, 0.1) is 16.9 Å². The van der Waals surface area contributed by atoms with Crippen LogP contribution in [0.4, 0.5) is 5.82 Å². The van der Waals surface area contributed by atoms with Crippen molar-refractivity contribution in [1.82, 2.24) is 9.78 Å². The van der Waals surface area contributed by atoms with Gasteiger partial charge in [-0.2, -0.15) is 5.10 Å². The van der Waals surface area contributed by atoms with Gasteiger partial charge in [-0.1, -0.05) is 62.3 Å². The van der Waals surface area contributed by atoms with Gasteiger partial charge in [0.25, 0.3) is 0 Å². The first-order valence-corrected chi connectivity index (χ1v) is 8.99. The fourth-order valence-corrected chi connectivity index (χ4v) is 1.71. The van der Waals surface area contributed by atoms with Gasteiger partial charge < -0.3 is 10.8 Å². The van der Waals surface area contributed by atoms with E-state index in [4.69, 9.17) is 10.8 Å². The number of aromatic carboxylic acids is 1. The van der Waals surface area contributed by atoms with Crippen LogP contribution in [0, 0.1) is 0 Å². The van der Waals surface area contributed by atoms with Gasteiger partial charge in [-0.15, -0.1) is 0 Å². The normalized spacial score (nSPS) is 9.48. The first-order chi connectivity index (χ1) is 11.8. The standard InChI is InChI=1S/C14H17N3O2.3C2H6/c1-14(2,3)11-8-12(15)17(16-11)10-6-4-9(5-7-10)13(18)19;3*1-2/h4-8H,15H2,1-3H3,(H,18,19);3*1-2H3. The molecule has 25 heavy (non-hydrogen) atoms. The Labute approximate surface area is 152 Å². The van der Waals surface area contributed by atoms with Crippen molar-refractivity contribution in [2.24, 2.45) is 0 Å². The Kier molecular flexibility index (Phi) is 12.1. The summed E-state index contributed by atoms with van der Waals surface area (Å²) in [6, 6.07) is 8.30. The average molecular weight is 350 g/mol. The van der Waals surface area contributed by atoms with Gasteiger partial charge in [0, 0.05) is 11.5 Å². The van der Waals surface area contributed by atoms with E-state index in [9.17, 15) is 4.79 Å². The summed E-state index contributed by atoms with van der Waals surface area (Å²) >= 11 is 0. The third-order valence-corrected chi connectivity index (χ3v) is 2.86. The van der Waals surface area contributed by atoms with Crippen LogP contribution in [-0.4, -0.2) is 20.9 Å². The summed E-state index contributed by atoms with van der Waals surface area (Å²) in [5.41, 5.74) is 7.75. The van der Waals surface area contributed by atoms with Gasteiger partial charge in [0.1, 0.15) is 5.82 Å². The lowest BCUT2D eigenvalue weighted by molar-refractivity contribution is 0.0697. The molecule has 1 aromatic heterocycles. The zero-order valence-electron chi connectivity index (χ0n) is 17.2. The van der Waals surface area contributed by atoms with E-state index in [0.717, 1.165) is 11.4 Å². The summed E-state index contributed by atoms with van der Waals surface area (Å²) in [5.74, 6) is -0.414. The lowest BCUT2D eigenvalue weighted by Crippen LogP contribution is -2.12. The number of nitrogens with zero attached hydrogens (tertiary/aromatic N) is 2. The molecule has 0 saturated carbocycles. The fraction of sp³-hybridized carbons (Fsp3) is 0.500. The summed E-state index contributed by atoms with van der Waals surface area (Å²) in [4.78, 5) is 10.8. The van der Waals surface area contributed by atoms with E-state index in [1.807, 2.05) is 47.6 Å². The van der Waals surface area contributed by atoms with Gasteiger partial charge >= 0.3 is 5.97 Å². The molecule has 0 amide bonds. The van der Waals surface area contributed by atoms with E-state index >= 15 is 0 Å². The monoisotopic (exact) mass is 349 g/mol. The molecule has 1 heterocycles. The van der Waals surface area contributed by atoms with E-state index in [1.165, 1.54) is 12.1 Å². The van der Waals surface area contributed by atoms with E-state index in [-0.39, 0.29) is 11.0 Å². The minimum absolute atomic E-state index is 0.0830. The maximum atomic E-state index is 10.8. The molecule has 0 fully saturated rings. The van der Waals surface area contributed by atoms with Crippen LogP contribution in [0.5, 0.6) is 0 Å². The predicted molar refractivity (Wildman–Crippen MR) is 108 cm³/mol. The molecule has 0 bridgehead atoms. The molecule has 3 N–H and O–H groups in total. The SMILES string of the molecule is CC.CC.CC.CC(C)(C)c1cc(N)n(-c2ccc(C(=O)O)cc2)n1. The highest BCUT2D eigenvalue weighted by Gasteiger charge is 2.19. The van der Waals surface area contributed by atoms with Crippen molar-refractivity contribution in [3.8, 4) is 5.69 Å². The van der Waals surface area contributed by atoms with Crippen molar-refractivity contribution in [3.05, 3.63) is 41.6 Å². The second-order valence-corrected chi connectivity index (χ2v) is 5.47. The molecule has 5 nitrogen and oxygen atoms in total. The number of anilines is 1. The minimum Gasteiger partial charge on any atom is -0.478 e. The maximum Gasteiger partial charge on any atom is 0.335 e. The number of hydrogen-bond acceptors (Lipinski definition) is 3. The molecule has 0 spiro atoms. The molecule has 0 aliphatic rings. The summed E-state index contributed by atoms with van der Waals surface area (Å²) in [6.45, 7) is 18.2. The highest BCUT2D eigenvalue weighted by atomic mass is 16.4. The van der Waals surface area contributed by atoms with Gasteiger partial charge in [0.2, 0.25) is 0 Å². The van der Waals surface area contributed by atoms with Crippen LogP contribution < -0.4 is 5.73 Å². The molecule has 2 rings (SSSR count). The summed E-state index contributed by atoms with van der Waals surface area (Å²) in [7, 11) is 0. The van der Waals surface area contributed by atoms with Crippen LogP contribution in [0.15, 0.2) is 30.3 Å². The zero-order valence-corrected chi connectivity index (χ0v) is 17.2. The van der Waals surface area contributed by atoms with Gasteiger partial charge in [-0.3, -0.25) is 0 Å². The first-order valence-electron chi connectivity index (χ1n) is 8.99. The van der Waals surface area contributed by atoms with Crippen molar-refractivity contribution in [2.75, 3.05) is 5.73 Å². The summed E-state index contributed by atoms with van der Waals surface area (Å²) < 4.78 is 1.62. The molecule has 0 radical (unpaired) electrons. The van der Waals surface area contributed by atoms with Crippen LogP contribution in [0.1, 0.15) is 78.4 Å². The lowest BCUT2D eigenvalue weighted by Gasteiger charge is -2.14. The fourth-order valence-electron chi connectivity index (χ4n) is 1.71. The number of carbonyl (C=O) groups is 1. The molecule has 142 valence electrons. The highest BCUT2D eigenvalue weighted by molar-refractivity contribution is 5.87. The molecule has 5 heteroatoms. The Balaban J connectivity index is 0. The molecular weight excluding hydrogens is 314 g/mol. The quantitative estimate of drug-likeness (QED) is 0.747. The third kappa shape index (κ3) is 7.42. The number of benzene rings is 1. The zero-order chi connectivity index (χ0) is 20.2. The van der Waals surface area contributed by atoms with E-state index in [1.54, 1.807) is 16.8 Å². The minimum atomic E-state index is -0.949. The van der Waals surface area contributed by atoms with Crippen molar-refractivity contribution in [3.63, 3.8) is 0 Å². The molecular formula is C20H35N3O2. The molecule has 0 unspecified atom stereocenters. The molecule has 0 aliphatic carbocycles. The van der Waals surface area contributed by atoms with Crippen LogP contribution in [0.3, 0.4) is 0 Å². The third-order valence-electron chi connectivity index (χ3n) is 2.86. The van der Waals surface area contributed by atoms with Crippen molar-refractivity contribution in [2.45, 2.75) is 67.7 Å². The topological polar surface area (TPSA) is 81.1 Å². The molecule has 1 aromatic carbocycles. The smallest absolute Gasteiger partial charge is 0.335 e. The summed E-state index contributed by atoms with van der Waals surface area (Å²) in [6.07, 6.45) is 0. The van der Waals surface area contributed by atoms with Crippen LogP contribution in [0.2, 0.25) is 0 Å². The molecule has 0 aliphatic heterocycles. The number of carboxylic acid groups (broad SMARTS) is 1. The predicted octanol–water partition coefficient (Wildman–Crippen LogP) is 5.53. The van der Waals surface area contributed by atoms with Crippen LogP contribution in [-0.2, 0) is 5.41 Å². The maximum absolute atomic E-state index is 10.8. The van der Waals surface area contributed by atoms with Crippen LogP contribution in [0.25, 0.3) is 5.69 Å². The molecule has 2 aromatic rings. The second-order valence-electron chi connectivity index (χ2n) is 5.47. The lowest BCUT2D eigenvalue weighted by atomic mass is 9.92. The Morgan fingerprint density at radius 3 is 1.76 bits per heavy atom. The average Bonchev–Trinajstić information content (AvgIpc) is 3.02. The van der Waals surface area contributed by atoms with Crippen molar-refractivity contribution in [1.29, 1.82) is 0 Å². The van der Waals surface area contributed by atoms with E-state index < -0.39 is 5.97 Å². The van der Waals surface area contributed by atoms with E-state index in [2.05, 4.69) is 25.9 Å². The number of hydrogen-bond donors (Lipinski definition) is 2. The Morgan fingerprint density at radius 1 is 1.00 bits per heavy atom. The van der Waals surface area contributed by atoms with Gasteiger partial charge in [0.15, 0.2) is 0 Å². The first kappa shape index (κ1) is 24.9. The van der Waals surface area contributed by atoms with Gasteiger partial charge in [-0.05, 0) is 24.3 Å². The second kappa shape index (κ2) is 12.1. The Morgan fingerprint density at radius 2 is 1.44 bits per heavy atom. The molecule has 0 saturated heterocycles. The van der Waals surface area contributed by atoms with E-state index in [0.29, 0.717) is 5.82 Å². The van der Waals surface area contributed by atoms with Crippen molar-refractivity contribution < 1.29 is 9.90 Å². The highest BCUT2D eigenvalue weighted by Crippen LogP contribution is 2.24. The largest absolute Gasteiger partial charge is 0.478 e. The van der Waals surface area contributed by atoms with Gasteiger partial charge in [-0.25, -0.2) is 9.48 Å². The van der Waals surface area contributed by atoms with Crippen LogP contribution >= 0.6 is 0 Å². The van der Waals surface area contributed by atoms with Crippen molar-refractivity contribution >= 4 is 11.8 Å². The number of nitrogen functional groups attached to an aromatic ring is 1. The Hall–Kier alpha value is -2.30. The Bertz CT molecular complexity index is 609.